The minimum Gasteiger partial charge on any atom is -0.459 e. The number of rotatable bonds is 5. The Kier molecular flexibility index (Phi) is 9.44. The van der Waals surface area contributed by atoms with Crippen molar-refractivity contribution in [3.63, 3.8) is 0 Å². The van der Waals surface area contributed by atoms with Crippen LogP contribution in [0.1, 0.15) is 22.2 Å². The summed E-state index contributed by atoms with van der Waals surface area (Å²) in [5, 5.41) is 4.22. The van der Waals surface area contributed by atoms with Gasteiger partial charge in [0.15, 0.2) is 11.7 Å². The van der Waals surface area contributed by atoms with Crippen molar-refractivity contribution in [3.05, 3.63) is 59.0 Å². The molecule has 1 atom stereocenters. The Labute approximate surface area is 200 Å². The topological polar surface area (TPSA) is 64.3 Å². The van der Waals surface area contributed by atoms with Crippen LogP contribution in [0.5, 0.6) is 0 Å². The molecule has 1 aromatic heterocycles. The third-order valence-corrected chi connectivity index (χ3v) is 5.39. The molecule has 3 rings (SSSR count). The predicted molar refractivity (Wildman–Crippen MR) is 131 cm³/mol. The number of halogens is 2. The molecule has 1 unspecified atom stereocenters. The lowest BCUT2D eigenvalue weighted by Crippen LogP contribution is -2.54. The quantitative estimate of drug-likeness (QED) is 0.355. The summed E-state index contributed by atoms with van der Waals surface area (Å²) >= 11 is 6.03. The first-order chi connectivity index (χ1) is 14.0. The number of piperazine rings is 1. The van der Waals surface area contributed by atoms with Crippen molar-refractivity contribution in [2.45, 2.75) is 6.04 Å². The molecule has 0 aliphatic carbocycles. The summed E-state index contributed by atoms with van der Waals surface area (Å²) in [5.74, 6) is 1.17. The highest BCUT2D eigenvalue weighted by Crippen LogP contribution is 2.20. The summed E-state index contributed by atoms with van der Waals surface area (Å²) in [6, 6.07) is 11.6. The maximum atomic E-state index is 12.4. The van der Waals surface area contributed by atoms with Crippen LogP contribution in [0.15, 0.2) is 52.1 Å². The number of benzene rings is 1. The molecule has 1 aliphatic heterocycles. The van der Waals surface area contributed by atoms with Gasteiger partial charge in [-0.25, -0.2) is 0 Å². The summed E-state index contributed by atoms with van der Waals surface area (Å²) in [7, 11) is 5.90. The molecule has 0 saturated carbocycles. The molecule has 0 bridgehead atoms. The fourth-order valence-corrected chi connectivity index (χ4v) is 3.61. The largest absolute Gasteiger partial charge is 0.459 e. The molecule has 0 radical (unpaired) electrons. The molecular weight excluding hydrogens is 517 g/mol. The molecule has 1 aliphatic rings. The maximum absolute atomic E-state index is 12.4. The molecule has 1 saturated heterocycles. The Morgan fingerprint density at radius 1 is 1.17 bits per heavy atom. The van der Waals surface area contributed by atoms with Crippen LogP contribution in [0.3, 0.4) is 0 Å². The lowest BCUT2D eigenvalue weighted by Gasteiger charge is -2.37. The van der Waals surface area contributed by atoms with Crippen molar-refractivity contribution in [1.29, 1.82) is 0 Å². The lowest BCUT2D eigenvalue weighted by atomic mass is 10.1. The second-order valence-electron chi connectivity index (χ2n) is 7.22. The first kappa shape index (κ1) is 24.5. The summed E-state index contributed by atoms with van der Waals surface area (Å²) in [5.41, 5.74) is 1.19. The number of guanidine groups is 1. The highest BCUT2D eigenvalue weighted by atomic mass is 127. The molecule has 1 aromatic carbocycles. The van der Waals surface area contributed by atoms with Gasteiger partial charge in [0.05, 0.1) is 12.3 Å². The third-order valence-electron chi connectivity index (χ3n) is 5.14. The Balaban J connectivity index is 0.00000320. The van der Waals surface area contributed by atoms with Crippen LogP contribution in [0.25, 0.3) is 0 Å². The van der Waals surface area contributed by atoms with E-state index in [4.69, 9.17) is 16.0 Å². The smallest absolute Gasteiger partial charge is 0.289 e. The molecule has 7 nitrogen and oxygen atoms in total. The highest BCUT2D eigenvalue weighted by molar-refractivity contribution is 14.0. The summed E-state index contributed by atoms with van der Waals surface area (Å²) in [6.45, 7) is 3.43. The maximum Gasteiger partial charge on any atom is 0.289 e. The summed E-state index contributed by atoms with van der Waals surface area (Å²) < 4.78 is 5.23. The first-order valence-corrected chi connectivity index (χ1v) is 10.1. The van der Waals surface area contributed by atoms with Gasteiger partial charge in [-0.2, -0.15) is 0 Å². The van der Waals surface area contributed by atoms with E-state index >= 15 is 0 Å². The van der Waals surface area contributed by atoms with Gasteiger partial charge in [-0.3, -0.25) is 9.79 Å². The van der Waals surface area contributed by atoms with E-state index in [1.54, 1.807) is 19.2 Å². The zero-order chi connectivity index (χ0) is 20.8. The molecule has 1 amide bonds. The predicted octanol–water partition coefficient (Wildman–Crippen LogP) is 3.19. The Morgan fingerprint density at radius 2 is 1.80 bits per heavy atom. The number of aliphatic imine (C=N–C) groups is 1. The number of carbonyl (C=O) groups excluding carboxylic acids is 1. The molecular formula is C21H29ClIN5O2. The fraction of sp³-hybridized carbons (Fsp3) is 0.429. The Hall–Kier alpha value is -1.78. The SMILES string of the molecule is CN=C(NCC(c1ccc(Cl)cc1)N(C)C)N1CCN(C(=O)c2ccco2)CC1.I. The number of likely N-dealkylation sites (N-methyl/N-ethyl adjacent to an activating group) is 1. The number of hydrogen-bond acceptors (Lipinski definition) is 4. The van der Waals surface area contributed by atoms with Crippen LogP contribution >= 0.6 is 35.6 Å². The van der Waals surface area contributed by atoms with E-state index in [1.807, 2.05) is 17.0 Å². The fourth-order valence-electron chi connectivity index (χ4n) is 3.48. The van der Waals surface area contributed by atoms with E-state index < -0.39 is 0 Å². The molecule has 2 aromatic rings. The van der Waals surface area contributed by atoms with Gasteiger partial charge in [0.2, 0.25) is 0 Å². The van der Waals surface area contributed by atoms with E-state index in [0.29, 0.717) is 25.4 Å². The van der Waals surface area contributed by atoms with Gasteiger partial charge in [0.1, 0.15) is 0 Å². The van der Waals surface area contributed by atoms with Crippen LogP contribution < -0.4 is 5.32 Å². The van der Waals surface area contributed by atoms with Crippen molar-refractivity contribution in [2.24, 2.45) is 4.99 Å². The number of nitrogens with zero attached hydrogens (tertiary/aromatic N) is 4. The highest BCUT2D eigenvalue weighted by Gasteiger charge is 2.25. The van der Waals surface area contributed by atoms with Crippen LogP contribution in [0.4, 0.5) is 0 Å². The molecule has 30 heavy (non-hydrogen) atoms. The van der Waals surface area contributed by atoms with Crippen LogP contribution in [-0.4, -0.2) is 80.4 Å². The standard InChI is InChI=1S/C21H28ClN5O2.HI/c1-23-21(24-15-18(25(2)3)16-6-8-17(22)9-7-16)27-12-10-26(11-13-27)20(28)19-5-4-14-29-19;/h4-9,14,18H,10-13,15H2,1-3H3,(H,23,24);1H. The second kappa shape index (κ2) is 11.6. The average molecular weight is 546 g/mol. The number of carbonyl (C=O) groups is 1. The molecule has 1 fully saturated rings. The van der Waals surface area contributed by atoms with Crippen molar-refractivity contribution in [1.82, 2.24) is 20.0 Å². The minimum atomic E-state index is -0.0620. The van der Waals surface area contributed by atoms with E-state index in [2.05, 4.69) is 46.3 Å². The third kappa shape index (κ3) is 6.12. The van der Waals surface area contributed by atoms with E-state index in [1.165, 1.54) is 11.8 Å². The molecule has 164 valence electrons. The van der Waals surface area contributed by atoms with Gasteiger partial charge in [0.25, 0.3) is 5.91 Å². The summed E-state index contributed by atoms with van der Waals surface area (Å²) in [6.07, 6.45) is 1.52. The van der Waals surface area contributed by atoms with Gasteiger partial charge in [0, 0.05) is 44.8 Å². The lowest BCUT2D eigenvalue weighted by molar-refractivity contribution is 0.0657. The van der Waals surface area contributed by atoms with Crippen molar-refractivity contribution < 1.29 is 9.21 Å². The zero-order valence-electron chi connectivity index (χ0n) is 17.5. The average Bonchev–Trinajstić information content (AvgIpc) is 3.27. The van der Waals surface area contributed by atoms with E-state index in [-0.39, 0.29) is 35.9 Å². The number of amides is 1. The van der Waals surface area contributed by atoms with Crippen LogP contribution in [-0.2, 0) is 0 Å². The summed E-state index contributed by atoms with van der Waals surface area (Å²) in [4.78, 5) is 23.0. The molecule has 9 heteroatoms. The normalized spacial score (nSPS) is 15.7. The van der Waals surface area contributed by atoms with Gasteiger partial charge in [-0.1, -0.05) is 23.7 Å². The van der Waals surface area contributed by atoms with Crippen molar-refractivity contribution in [3.8, 4) is 0 Å². The van der Waals surface area contributed by atoms with Crippen molar-refractivity contribution >= 4 is 47.4 Å². The molecule has 1 N–H and O–H groups in total. The number of furan rings is 1. The Morgan fingerprint density at radius 3 is 2.33 bits per heavy atom. The van der Waals surface area contributed by atoms with Gasteiger partial charge < -0.3 is 24.4 Å². The molecule has 0 spiro atoms. The molecule has 2 heterocycles. The van der Waals surface area contributed by atoms with E-state index in [9.17, 15) is 4.79 Å². The number of hydrogen-bond donors (Lipinski definition) is 1. The van der Waals surface area contributed by atoms with Gasteiger partial charge in [-0.05, 0) is 43.9 Å². The monoisotopic (exact) mass is 545 g/mol. The van der Waals surface area contributed by atoms with Crippen molar-refractivity contribution in [2.75, 3.05) is 53.9 Å². The van der Waals surface area contributed by atoms with E-state index in [0.717, 1.165) is 24.1 Å². The minimum absolute atomic E-state index is 0. The number of nitrogens with one attached hydrogen (secondary N) is 1. The van der Waals surface area contributed by atoms with Crippen LogP contribution in [0, 0.1) is 0 Å². The van der Waals surface area contributed by atoms with Gasteiger partial charge >= 0.3 is 0 Å². The second-order valence-corrected chi connectivity index (χ2v) is 7.65. The Bertz CT molecular complexity index is 818. The van der Waals surface area contributed by atoms with Crippen LogP contribution in [0.2, 0.25) is 5.02 Å². The zero-order valence-corrected chi connectivity index (χ0v) is 20.6. The van der Waals surface area contributed by atoms with Gasteiger partial charge in [-0.15, -0.1) is 24.0 Å². The first-order valence-electron chi connectivity index (χ1n) is 9.70.